The van der Waals surface area contributed by atoms with Gasteiger partial charge < -0.3 is 10.6 Å². The number of aryl methyl sites for hydroxylation is 1. The van der Waals surface area contributed by atoms with Crippen molar-refractivity contribution in [1.82, 2.24) is 30.4 Å². The van der Waals surface area contributed by atoms with Crippen molar-refractivity contribution in [2.45, 2.75) is 44.9 Å². The predicted molar refractivity (Wildman–Crippen MR) is 114 cm³/mol. The molecule has 0 saturated carbocycles. The van der Waals surface area contributed by atoms with E-state index in [-0.39, 0.29) is 17.6 Å². The second-order valence-corrected chi connectivity index (χ2v) is 8.12. The molecule has 29 heavy (non-hydrogen) atoms. The summed E-state index contributed by atoms with van der Waals surface area (Å²) in [7, 11) is 1.72. The molecule has 2 rings (SSSR count). The summed E-state index contributed by atoms with van der Waals surface area (Å²) in [5, 5.41) is 17.4. The van der Waals surface area contributed by atoms with Crippen molar-refractivity contribution in [3.8, 4) is 0 Å². The standard InChI is InChI=1S/C19H29N7O2S/c1-13(2)26(14(3)4)11-10-20-18(28)15-6-8-16(9-7-15)21-17(27)12-29-19-22-23-24-25(19)5/h6-9,13-14H,10-12H2,1-5H3,(H,20,28)(H,21,27). The Hall–Kier alpha value is -2.46. The molecule has 1 aromatic heterocycles. The molecule has 0 spiro atoms. The Labute approximate surface area is 175 Å². The lowest BCUT2D eigenvalue weighted by Crippen LogP contribution is -2.42. The number of amides is 2. The van der Waals surface area contributed by atoms with Crippen LogP contribution in [0.1, 0.15) is 38.1 Å². The molecule has 0 unspecified atom stereocenters. The first-order valence-corrected chi connectivity index (χ1v) is 10.6. The van der Waals surface area contributed by atoms with Gasteiger partial charge in [0.25, 0.3) is 5.91 Å². The number of rotatable bonds is 10. The van der Waals surface area contributed by atoms with Crippen LogP contribution in [0.5, 0.6) is 0 Å². The van der Waals surface area contributed by atoms with Crippen LogP contribution in [0, 0.1) is 0 Å². The highest BCUT2D eigenvalue weighted by molar-refractivity contribution is 7.99. The maximum absolute atomic E-state index is 12.3. The van der Waals surface area contributed by atoms with Crippen LogP contribution >= 0.6 is 11.8 Å². The number of hydrogen-bond acceptors (Lipinski definition) is 7. The Kier molecular flexibility index (Phi) is 8.59. The van der Waals surface area contributed by atoms with Crippen molar-refractivity contribution >= 4 is 29.3 Å². The van der Waals surface area contributed by atoms with Gasteiger partial charge in [-0.1, -0.05) is 11.8 Å². The zero-order valence-electron chi connectivity index (χ0n) is 17.5. The van der Waals surface area contributed by atoms with Crippen LogP contribution in [-0.4, -0.2) is 67.8 Å². The maximum atomic E-state index is 12.3. The molecule has 1 aromatic carbocycles. The number of benzene rings is 1. The number of carbonyl (C=O) groups excluding carboxylic acids is 2. The number of thioether (sulfide) groups is 1. The van der Waals surface area contributed by atoms with Crippen LogP contribution in [0.2, 0.25) is 0 Å². The summed E-state index contributed by atoms with van der Waals surface area (Å²) >= 11 is 1.25. The van der Waals surface area contributed by atoms with Gasteiger partial charge >= 0.3 is 0 Å². The molecule has 2 N–H and O–H groups in total. The lowest BCUT2D eigenvalue weighted by atomic mass is 10.2. The Bertz CT molecular complexity index is 797. The molecule has 2 amide bonds. The van der Waals surface area contributed by atoms with E-state index in [2.05, 4.69) is 58.8 Å². The lowest BCUT2D eigenvalue weighted by molar-refractivity contribution is -0.113. The van der Waals surface area contributed by atoms with Gasteiger partial charge in [-0.3, -0.25) is 14.5 Å². The van der Waals surface area contributed by atoms with E-state index in [1.54, 1.807) is 31.3 Å². The monoisotopic (exact) mass is 419 g/mol. The number of anilines is 1. The molecule has 9 nitrogen and oxygen atoms in total. The highest BCUT2D eigenvalue weighted by Gasteiger charge is 2.14. The summed E-state index contributed by atoms with van der Waals surface area (Å²) in [5.41, 5.74) is 1.19. The maximum Gasteiger partial charge on any atom is 0.251 e. The van der Waals surface area contributed by atoms with E-state index in [1.807, 2.05) is 0 Å². The number of nitrogens with one attached hydrogen (secondary N) is 2. The van der Waals surface area contributed by atoms with E-state index in [0.29, 0.717) is 35.0 Å². The van der Waals surface area contributed by atoms with Crippen molar-refractivity contribution in [2.24, 2.45) is 7.05 Å². The quantitative estimate of drug-likeness (QED) is 0.566. The number of carbonyl (C=O) groups is 2. The number of aromatic nitrogens is 4. The minimum atomic E-state index is -0.169. The zero-order valence-corrected chi connectivity index (χ0v) is 18.4. The Morgan fingerprint density at radius 3 is 2.34 bits per heavy atom. The molecule has 0 aliphatic carbocycles. The van der Waals surface area contributed by atoms with Crippen molar-refractivity contribution in [2.75, 3.05) is 24.2 Å². The van der Waals surface area contributed by atoms with E-state index in [9.17, 15) is 9.59 Å². The molecule has 0 saturated heterocycles. The average Bonchev–Trinajstić information content (AvgIpc) is 3.08. The molecule has 10 heteroatoms. The average molecular weight is 420 g/mol. The van der Waals surface area contributed by atoms with Crippen LogP contribution in [0.15, 0.2) is 29.4 Å². The lowest BCUT2D eigenvalue weighted by Gasteiger charge is -2.30. The van der Waals surface area contributed by atoms with Crippen molar-refractivity contribution in [3.63, 3.8) is 0 Å². The van der Waals surface area contributed by atoms with Crippen LogP contribution in [-0.2, 0) is 11.8 Å². The fourth-order valence-corrected chi connectivity index (χ4v) is 3.54. The molecule has 0 aliphatic rings. The van der Waals surface area contributed by atoms with Gasteiger partial charge in [0, 0.05) is 43.5 Å². The van der Waals surface area contributed by atoms with Gasteiger partial charge in [0.15, 0.2) is 0 Å². The summed E-state index contributed by atoms with van der Waals surface area (Å²) in [5.74, 6) is -0.100. The zero-order chi connectivity index (χ0) is 21.4. The summed E-state index contributed by atoms with van der Waals surface area (Å²) in [4.78, 5) is 26.7. The normalized spacial score (nSPS) is 11.3. The largest absolute Gasteiger partial charge is 0.351 e. The van der Waals surface area contributed by atoms with E-state index >= 15 is 0 Å². The molecular weight excluding hydrogens is 390 g/mol. The van der Waals surface area contributed by atoms with Crippen molar-refractivity contribution < 1.29 is 9.59 Å². The van der Waals surface area contributed by atoms with Crippen molar-refractivity contribution in [3.05, 3.63) is 29.8 Å². The molecule has 0 fully saturated rings. The third kappa shape index (κ3) is 7.13. The van der Waals surface area contributed by atoms with Gasteiger partial charge in [0.2, 0.25) is 11.1 Å². The molecular formula is C19H29N7O2S. The van der Waals surface area contributed by atoms with E-state index in [0.717, 1.165) is 6.54 Å². The van der Waals surface area contributed by atoms with Crippen LogP contribution in [0.4, 0.5) is 5.69 Å². The fraction of sp³-hybridized carbons (Fsp3) is 0.526. The Morgan fingerprint density at radius 2 is 1.79 bits per heavy atom. The van der Waals surface area contributed by atoms with Gasteiger partial charge in [0.1, 0.15) is 0 Å². The number of tetrazole rings is 1. The van der Waals surface area contributed by atoms with Gasteiger partial charge in [-0.05, 0) is 62.4 Å². The smallest absolute Gasteiger partial charge is 0.251 e. The molecule has 158 valence electrons. The van der Waals surface area contributed by atoms with E-state index in [1.165, 1.54) is 16.4 Å². The second-order valence-electron chi connectivity index (χ2n) is 7.18. The highest BCUT2D eigenvalue weighted by Crippen LogP contribution is 2.14. The number of hydrogen-bond donors (Lipinski definition) is 2. The Balaban J connectivity index is 1.79. The number of nitrogens with zero attached hydrogens (tertiary/aromatic N) is 5. The first kappa shape index (κ1) is 22.8. The Morgan fingerprint density at radius 1 is 1.14 bits per heavy atom. The summed E-state index contributed by atoms with van der Waals surface area (Å²) in [6.45, 7) is 9.99. The third-order valence-electron chi connectivity index (χ3n) is 4.33. The third-order valence-corrected chi connectivity index (χ3v) is 5.34. The van der Waals surface area contributed by atoms with Gasteiger partial charge in [0.05, 0.1) is 5.75 Å². The highest BCUT2D eigenvalue weighted by atomic mass is 32.2. The topological polar surface area (TPSA) is 105 Å². The second kappa shape index (κ2) is 10.9. The van der Waals surface area contributed by atoms with E-state index in [4.69, 9.17) is 0 Å². The van der Waals surface area contributed by atoms with Crippen LogP contribution in [0.3, 0.4) is 0 Å². The van der Waals surface area contributed by atoms with Crippen LogP contribution in [0.25, 0.3) is 0 Å². The molecule has 0 aliphatic heterocycles. The summed E-state index contributed by atoms with van der Waals surface area (Å²) in [6, 6.07) is 7.70. The predicted octanol–water partition coefficient (Wildman–Crippen LogP) is 1.79. The first-order valence-electron chi connectivity index (χ1n) is 9.57. The minimum absolute atomic E-state index is 0.124. The molecule has 0 bridgehead atoms. The SMILES string of the molecule is CC(C)N(CCNC(=O)c1ccc(NC(=O)CSc2nnnn2C)cc1)C(C)C. The molecule has 1 heterocycles. The molecule has 0 radical (unpaired) electrons. The molecule has 2 aromatic rings. The molecule has 0 atom stereocenters. The van der Waals surface area contributed by atoms with E-state index < -0.39 is 0 Å². The minimum Gasteiger partial charge on any atom is -0.351 e. The summed E-state index contributed by atoms with van der Waals surface area (Å²) < 4.78 is 1.51. The van der Waals surface area contributed by atoms with Crippen molar-refractivity contribution in [1.29, 1.82) is 0 Å². The summed E-state index contributed by atoms with van der Waals surface area (Å²) in [6.07, 6.45) is 0. The fourth-order valence-electron chi connectivity index (χ4n) is 2.89. The van der Waals surface area contributed by atoms with Gasteiger partial charge in [-0.25, -0.2) is 4.68 Å². The first-order chi connectivity index (χ1) is 13.8. The van der Waals surface area contributed by atoms with Gasteiger partial charge in [-0.15, -0.1) is 5.10 Å². The van der Waals surface area contributed by atoms with Gasteiger partial charge in [-0.2, -0.15) is 0 Å². The van der Waals surface area contributed by atoms with Crippen LogP contribution < -0.4 is 10.6 Å².